The van der Waals surface area contributed by atoms with Crippen LogP contribution in [0.25, 0.3) is 0 Å². The van der Waals surface area contributed by atoms with Crippen molar-refractivity contribution in [2.24, 2.45) is 5.92 Å². The minimum atomic E-state index is -1.59. The maximum atomic E-state index is 6.58. The number of hydrogen-bond acceptors (Lipinski definition) is 1. The van der Waals surface area contributed by atoms with E-state index in [9.17, 15) is 0 Å². The van der Waals surface area contributed by atoms with Crippen molar-refractivity contribution >= 4 is 8.32 Å². The van der Waals surface area contributed by atoms with Gasteiger partial charge in [-0.2, -0.15) is 0 Å². The van der Waals surface area contributed by atoms with E-state index in [1.54, 1.807) is 0 Å². The molecule has 1 aliphatic rings. The summed E-state index contributed by atoms with van der Waals surface area (Å²) in [6.07, 6.45) is 6.92. The van der Waals surface area contributed by atoms with Crippen molar-refractivity contribution in [2.75, 3.05) is 0 Å². The van der Waals surface area contributed by atoms with Crippen LogP contribution < -0.4 is 0 Å². The molecule has 1 fully saturated rings. The molecule has 2 rings (SSSR count). The minimum absolute atomic E-state index is 0.327. The number of hydrogen-bond donors (Lipinski definition) is 0. The van der Waals surface area contributed by atoms with Crippen LogP contribution in [0.5, 0.6) is 0 Å². The summed E-state index contributed by atoms with van der Waals surface area (Å²) in [7, 11) is -1.59. The van der Waals surface area contributed by atoms with Gasteiger partial charge in [-0.05, 0) is 61.7 Å². The summed E-state index contributed by atoms with van der Waals surface area (Å²) in [5.41, 5.74) is 1.49. The van der Waals surface area contributed by atoms with Gasteiger partial charge in [0, 0.05) is 6.10 Å². The minimum Gasteiger partial charge on any atom is -0.414 e. The zero-order valence-corrected chi connectivity index (χ0v) is 15.5. The fraction of sp³-hybridized carbons (Fsp3) is 0.684. The smallest absolute Gasteiger partial charge is 0.192 e. The molecule has 0 atom stereocenters. The summed E-state index contributed by atoms with van der Waals surface area (Å²) < 4.78 is 6.58. The summed E-state index contributed by atoms with van der Waals surface area (Å²) in [5.74, 6) is 0.853. The second-order valence-corrected chi connectivity index (χ2v) is 13.0. The molecule has 0 radical (unpaired) electrons. The van der Waals surface area contributed by atoms with Crippen molar-refractivity contribution in [3.8, 4) is 0 Å². The highest BCUT2D eigenvalue weighted by atomic mass is 28.4. The Hall–Kier alpha value is -0.603. The van der Waals surface area contributed by atoms with E-state index in [2.05, 4.69) is 64.2 Å². The fourth-order valence-electron chi connectivity index (χ4n) is 2.99. The Labute approximate surface area is 132 Å². The molecule has 0 bridgehead atoms. The van der Waals surface area contributed by atoms with Gasteiger partial charge in [0.2, 0.25) is 0 Å². The zero-order valence-electron chi connectivity index (χ0n) is 14.5. The van der Waals surface area contributed by atoms with Crippen LogP contribution in [0.3, 0.4) is 0 Å². The predicted molar refractivity (Wildman–Crippen MR) is 94.2 cm³/mol. The van der Waals surface area contributed by atoms with E-state index in [0.29, 0.717) is 11.1 Å². The zero-order chi connectivity index (χ0) is 15.5. The van der Waals surface area contributed by atoms with Crippen LogP contribution in [0.15, 0.2) is 30.3 Å². The van der Waals surface area contributed by atoms with Crippen LogP contribution in [0, 0.1) is 5.92 Å². The molecule has 1 aromatic rings. The molecule has 0 unspecified atom stereocenters. The van der Waals surface area contributed by atoms with Crippen molar-refractivity contribution in [2.45, 2.75) is 77.1 Å². The first kappa shape index (κ1) is 16.8. The maximum Gasteiger partial charge on any atom is 0.192 e. The number of benzene rings is 1. The molecule has 1 aliphatic carbocycles. The molecule has 0 aliphatic heterocycles. The van der Waals surface area contributed by atoms with Gasteiger partial charge in [-0.1, -0.05) is 51.1 Å². The van der Waals surface area contributed by atoms with Crippen LogP contribution >= 0.6 is 0 Å². The van der Waals surface area contributed by atoms with Crippen LogP contribution in [0.1, 0.15) is 52.0 Å². The molecule has 1 nitrogen and oxygen atoms in total. The SMILES string of the molecule is CC(C)(C)[Si](C)(C)OC1CCC(Cc2ccccc2)CC1. The third-order valence-electron chi connectivity index (χ3n) is 5.43. The van der Waals surface area contributed by atoms with Gasteiger partial charge in [0.15, 0.2) is 8.32 Å². The second-order valence-electron chi connectivity index (χ2n) is 8.21. The first-order chi connectivity index (χ1) is 9.78. The molecule has 0 spiro atoms. The summed E-state index contributed by atoms with van der Waals surface area (Å²) in [6, 6.07) is 10.9. The average Bonchev–Trinajstić information content (AvgIpc) is 2.41. The predicted octanol–water partition coefficient (Wildman–Crippen LogP) is 5.81. The lowest BCUT2D eigenvalue weighted by atomic mass is 9.83. The van der Waals surface area contributed by atoms with Gasteiger partial charge in [-0.15, -0.1) is 0 Å². The van der Waals surface area contributed by atoms with Gasteiger partial charge in [0.25, 0.3) is 0 Å². The number of rotatable bonds is 4. The van der Waals surface area contributed by atoms with Gasteiger partial charge in [-0.3, -0.25) is 0 Å². The lowest BCUT2D eigenvalue weighted by molar-refractivity contribution is 0.116. The van der Waals surface area contributed by atoms with E-state index in [-0.39, 0.29) is 0 Å². The first-order valence-corrected chi connectivity index (χ1v) is 11.4. The van der Waals surface area contributed by atoms with Gasteiger partial charge in [0.05, 0.1) is 0 Å². The third kappa shape index (κ3) is 4.69. The van der Waals surface area contributed by atoms with Crippen molar-refractivity contribution in [3.63, 3.8) is 0 Å². The third-order valence-corrected chi connectivity index (χ3v) is 9.96. The van der Waals surface area contributed by atoms with Crippen molar-refractivity contribution < 1.29 is 4.43 Å². The highest BCUT2D eigenvalue weighted by Gasteiger charge is 2.39. The van der Waals surface area contributed by atoms with E-state index >= 15 is 0 Å². The Morgan fingerprint density at radius 3 is 2.10 bits per heavy atom. The van der Waals surface area contributed by atoms with Crippen molar-refractivity contribution in [3.05, 3.63) is 35.9 Å². The molecule has 0 N–H and O–H groups in total. The summed E-state index contributed by atoms with van der Waals surface area (Å²) in [5, 5.41) is 0.327. The largest absolute Gasteiger partial charge is 0.414 e. The summed E-state index contributed by atoms with van der Waals surface area (Å²) in [6.45, 7) is 11.8. The normalized spacial score (nSPS) is 24.0. The lowest BCUT2D eigenvalue weighted by Gasteiger charge is -2.41. The van der Waals surface area contributed by atoms with Gasteiger partial charge in [0.1, 0.15) is 0 Å². The van der Waals surface area contributed by atoms with Crippen LogP contribution in [-0.4, -0.2) is 14.4 Å². The van der Waals surface area contributed by atoms with Crippen LogP contribution in [-0.2, 0) is 10.8 Å². The Morgan fingerprint density at radius 1 is 1.00 bits per heavy atom. The quantitative estimate of drug-likeness (QED) is 0.638. The molecule has 1 saturated carbocycles. The van der Waals surface area contributed by atoms with Gasteiger partial charge in [-0.25, -0.2) is 0 Å². The molecule has 0 amide bonds. The molecular weight excluding hydrogens is 272 g/mol. The Kier molecular flexibility index (Phi) is 5.32. The topological polar surface area (TPSA) is 9.23 Å². The first-order valence-electron chi connectivity index (χ1n) is 8.50. The van der Waals surface area contributed by atoms with E-state index in [0.717, 1.165) is 5.92 Å². The van der Waals surface area contributed by atoms with E-state index in [1.165, 1.54) is 37.7 Å². The van der Waals surface area contributed by atoms with Crippen LogP contribution in [0.4, 0.5) is 0 Å². The summed E-state index contributed by atoms with van der Waals surface area (Å²) >= 11 is 0. The molecule has 0 heterocycles. The standard InChI is InChI=1S/C19H32OSi/c1-19(2,3)21(4,5)20-18-13-11-17(12-14-18)15-16-9-7-6-8-10-16/h6-10,17-18H,11-15H2,1-5H3. The summed E-state index contributed by atoms with van der Waals surface area (Å²) in [4.78, 5) is 0. The van der Waals surface area contributed by atoms with Gasteiger partial charge < -0.3 is 4.43 Å². The molecule has 2 heteroatoms. The molecule has 0 saturated heterocycles. The Morgan fingerprint density at radius 2 is 1.57 bits per heavy atom. The Bertz CT molecular complexity index is 425. The van der Waals surface area contributed by atoms with E-state index in [4.69, 9.17) is 4.43 Å². The van der Waals surface area contributed by atoms with E-state index < -0.39 is 8.32 Å². The van der Waals surface area contributed by atoms with E-state index in [1.807, 2.05) is 0 Å². The van der Waals surface area contributed by atoms with Crippen molar-refractivity contribution in [1.82, 2.24) is 0 Å². The Balaban J connectivity index is 1.81. The molecule has 118 valence electrons. The monoisotopic (exact) mass is 304 g/mol. The van der Waals surface area contributed by atoms with Gasteiger partial charge >= 0.3 is 0 Å². The highest BCUT2D eigenvalue weighted by molar-refractivity contribution is 6.74. The highest BCUT2D eigenvalue weighted by Crippen LogP contribution is 2.40. The fourth-order valence-corrected chi connectivity index (χ4v) is 4.42. The van der Waals surface area contributed by atoms with Crippen molar-refractivity contribution in [1.29, 1.82) is 0 Å². The molecule has 21 heavy (non-hydrogen) atoms. The molecule has 0 aromatic heterocycles. The molecular formula is C19H32OSi. The van der Waals surface area contributed by atoms with Crippen LogP contribution in [0.2, 0.25) is 18.1 Å². The maximum absolute atomic E-state index is 6.58. The lowest BCUT2D eigenvalue weighted by Crippen LogP contribution is -2.44. The second kappa shape index (κ2) is 6.66. The average molecular weight is 305 g/mol. The molecule has 1 aromatic carbocycles.